The van der Waals surface area contributed by atoms with Gasteiger partial charge < -0.3 is 9.15 Å². The van der Waals surface area contributed by atoms with Crippen molar-refractivity contribution in [2.45, 2.75) is 70.7 Å². The minimum Gasteiger partial charge on any atom is -0.425 e. The van der Waals surface area contributed by atoms with Gasteiger partial charge in [-0.3, -0.25) is 0 Å². The van der Waals surface area contributed by atoms with Gasteiger partial charge in [0.25, 0.3) is 0 Å². The maximum atomic E-state index is 13.4. The third kappa shape index (κ3) is 5.49. The Morgan fingerprint density at radius 2 is 1.69 bits per heavy atom. The van der Waals surface area contributed by atoms with E-state index in [4.69, 9.17) is 9.15 Å². The molecule has 0 saturated carbocycles. The van der Waals surface area contributed by atoms with E-state index < -0.39 is 22.0 Å². The van der Waals surface area contributed by atoms with E-state index in [0.717, 1.165) is 29.5 Å². The summed E-state index contributed by atoms with van der Waals surface area (Å²) in [6.07, 6.45) is 3.42. The molecule has 0 amide bonds. The third-order valence-electron chi connectivity index (χ3n) is 6.26. The average molecular weight is 498 g/mol. The van der Waals surface area contributed by atoms with E-state index in [2.05, 4.69) is 4.72 Å². The van der Waals surface area contributed by atoms with Crippen LogP contribution in [0.4, 0.5) is 0 Å². The summed E-state index contributed by atoms with van der Waals surface area (Å²) < 4.78 is 40.0. The number of rotatable bonds is 7. The summed E-state index contributed by atoms with van der Waals surface area (Å²) >= 11 is 0. The number of carbonyl (C=O) groups excluding carboxylic acids is 1. The number of aryl methyl sites for hydroxylation is 3. The molecule has 4 rings (SSSR count). The maximum Gasteiger partial charge on any atom is 0.339 e. The maximum absolute atomic E-state index is 13.4. The molecule has 1 atom stereocenters. The second-order valence-electron chi connectivity index (χ2n) is 9.73. The molecule has 0 unspecified atom stereocenters. The van der Waals surface area contributed by atoms with E-state index in [9.17, 15) is 18.0 Å². The highest BCUT2D eigenvalue weighted by molar-refractivity contribution is 7.89. The van der Waals surface area contributed by atoms with E-state index in [1.807, 2.05) is 27.7 Å². The minimum absolute atomic E-state index is 0.0355. The van der Waals surface area contributed by atoms with E-state index >= 15 is 0 Å². The van der Waals surface area contributed by atoms with Gasteiger partial charge >= 0.3 is 11.6 Å². The van der Waals surface area contributed by atoms with Crippen LogP contribution < -0.4 is 15.1 Å². The van der Waals surface area contributed by atoms with E-state index in [0.29, 0.717) is 29.4 Å². The number of fused-ring (bicyclic) bond motifs is 3. The number of ether oxygens (including phenoxy) is 1. The molecule has 0 saturated heterocycles. The zero-order valence-corrected chi connectivity index (χ0v) is 21.3. The van der Waals surface area contributed by atoms with E-state index in [1.54, 1.807) is 24.3 Å². The zero-order valence-electron chi connectivity index (χ0n) is 20.5. The SMILES string of the molecule is Cc1ccc(S(=O)(=O)N[C@H](CC(C)C)C(=O)Oc2cc(C)cc3oc(=O)c4c(c23)CCCC4)cc1. The molecule has 3 aromatic rings. The first kappa shape index (κ1) is 25.1. The number of hydrogen-bond acceptors (Lipinski definition) is 6. The number of sulfonamides is 1. The van der Waals surface area contributed by atoms with Crippen molar-refractivity contribution in [3.8, 4) is 5.75 Å². The summed E-state index contributed by atoms with van der Waals surface area (Å²) in [5.41, 5.74) is 3.20. The largest absolute Gasteiger partial charge is 0.425 e. The van der Waals surface area contributed by atoms with Crippen molar-refractivity contribution in [2.24, 2.45) is 5.92 Å². The van der Waals surface area contributed by atoms with E-state index in [-0.39, 0.29) is 28.6 Å². The predicted octanol–water partition coefficient (Wildman–Crippen LogP) is 4.59. The number of carbonyl (C=O) groups is 1. The van der Waals surface area contributed by atoms with Gasteiger partial charge in [0.2, 0.25) is 10.0 Å². The van der Waals surface area contributed by atoms with Gasteiger partial charge in [0, 0.05) is 5.56 Å². The van der Waals surface area contributed by atoms with Crippen LogP contribution in [-0.4, -0.2) is 20.4 Å². The van der Waals surface area contributed by atoms with Crippen LogP contribution in [0.2, 0.25) is 0 Å². The van der Waals surface area contributed by atoms with Crippen molar-refractivity contribution in [2.75, 3.05) is 0 Å². The first-order valence-corrected chi connectivity index (χ1v) is 13.4. The fourth-order valence-corrected chi connectivity index (χ4v) is 5.76. The lowest BCUT2D eigenvalue weighted by molar-refractivity contribution is -0.136. The van der Waals surface area contributed by atoms with Gasteiger partial charge in [0.15, 0.2) is 0 Å². The van der Waals surface area contributed by atoms with Crippen LogP contribution in [-0.2, 0) is 27.7 Å². The molecular formula is C27H31NO6S. The Morgan fingerprint density at radius 1 is 1.03 bits per heavy atom. The summed E-state index contributed by atoms with van der Waals surface area (Å²) in [5.74, 6) is -0.375. The Morgan fingerprint density at radius 3 is 2.34 bits per heavy atom. The Kier molecular flexibility index (Phi) is 7.15. The van der Waals surface area contributed by atoms with Crippen LogP contribution in [0.15, 0.2) is 50.5 Å². The van der Waals surface area contributed by atoms with Gasteiger partial charge in [-0.2, -0.15) is 4.72 Å². The first-order chi connectivity index (χ1) is 16.5. The van der Waals surface area contributed by atoms with Crippen molar-refractivity contribution < 1.29 is 22.4 Å². The topological polar surface area (TPSA) is 103 Å². The smallest absolute Gasteiger partial charge is 0.339 e. The highest BCUT2D eigenvalue weighted by Gasteiger charge is 2.30. The van der Waals surface area contributed by atoms with Crippen LogP contribution in [0.1, 0.15) is 55.4 Å². The van der Waals surface area contributed by atoms with Crippen molar-refractivity contribution in [1.29, 1.82) is 0 Å². The molecule has 7 nitrogen and oxygen atoms in total. The van der Waals surface area contributed by atoms with Gasteiger partial charge in [-0.25, -0.2) is 18.0 Å². The van der Waals surface area contributed by atoms with Crippen molar-refractivity contribution >= 4 is 27.0 Å². The van der Waals surface area contributed by atoms with Gasteiger partial charge in [-0.15, -0.1) is 0 Å². The number of hydrogen-bond donors (Lipinski definition) is 1. The number of nitrogens with one attached hydrogen (secondary N) is 1. The van der Waals surface area contributed by atoms with E-state index in [1.165, 1.54) is 12.1 Å². The van der Waals surface area contributed by atoms with Crippen LogP contribution in [0.5, 0.6) is 5.75 Å². The van der Waals surface area contributed by atoms with Crippen molar-refractivity contribution in [3.63, 3.8) is 0 Å². The third-order valence-corrected chi connectivity index (χ3v) is 7.75. The molecule has 1 aliphatic carbocycles. The van der Waals surface area contributed by atoms with Gasteiger partial charge in [-0.05, 0) is 87.3 Å². The predicted molar refractivity (Wildman–Crippen MR) is 134 cm³/mol. The lowest BCUT2D eigenvalue weighted by Gasteiger charge is -2.21. The highest BCUT2D eigenvalue weighted by atomic mass is 32.2. The molecule has 0 spiro atoms. The summed E-state index contributed by atoms with van der Waals surface area (Å²) in [5, 5.41) is 0.614. The van der Waals surface area contributed by atoms with Crippen LogP contribution in [0, 0.1) is 19.8 Å². The Bertz CT molecular complexity index is 1420. The zero-order chi connectivity index (χ0) is 25.3. The van der Waals surface area contributed by atoms with Gasteiger partial charge in [0.05, 0.1) is 10.3 Å². The molecule has 0 bridgehead atoms. The number of esters is 1. The monoisotopic (exact) mass is 497 g/mol. The Hall–Kier alpha value is -2.97. The molecule has 35 heavy (non-hydrogen) atoms. The lowest BCUT2D eigenvalue weighted by atomic mass is 9.90. The molecule has 1 aromatic heterocycles. The van der Waals surface area contributed by atoms with Crippen LogP contribution in [0.3, 0.4) is 0 Å². The summed E-state index contributed by atoms with van der Waals surface area (Å²) in [6, 6.07) is 8.85. The highest BCUT2D eigenvalue weighted by Crippen LogP contribution is 2.35. The van der Waals surface area contributed by atoms with Gasteiger partial charge in [-0.1, -0.05) is 31.5 Å². The molecule has 1 heterocycles. The molecule has 0 aliphatic heterocycles. The fourth-order valence-electron chi connectivity index (χ4n) is 4.56. The Balaban J connectivity index is 1.71. The second kappa shape index (κ2) is 9.95. The average Bonchev–Trinajstić information content (AvgIpc) is 2.78. The lowest BCUT2D eigenvalue weighted by Crippen LogP contribution is -2.43. The molecule has 0 radical (unpaired) electrons. The van der Waals surface area contributed by atoms with Crippen LogP contribution in [0.25, 0.3) is 11.0 Å². The summed E-state index contributed by atoms with van der Waals surface area (Å²) in [4.78, 5) is 26.0. The summed E-state index contributed by atoms with van der Waals surface area (Å²) in [6.45, 7) is 7.51. The molecule has 1 aliphatic rings. The molecule has 0 fully saturated rings. The number of benzene rings is 2. The summed E-state index contributed by atoms with van der Waals surface area (Å²) in [7, 11) is -3.94. The second-order valence-corrected chi connectivity index (χ2v) is 11.4. The standard InChI is InChI=1S/C27H31NO6S/c1-16(2)13-22(28-35(31,32)19-11-9-17(3)10-12-19)27(30)34-24-15-18(4)14-23-25(24)20-7-5-6-8-21(20)26(29)33-23/h9-12,14-16,22,28H,5-8,13H2,1-4H3/t22-/m1/s1. The molecular weight excluding hydrogens is 466 g/mol. The van der Waals surface area contributed by atoms with Crippen molar-refractivity contribution in [1.82, 2.24) is 4.72 Å². The molecule has 1 N–H and O–H groups in total. The molecule has 8 heteroatoms. The molecule has 2 aromatic carbocycles. The van der Waals surface area contributed by atoms with Crippen LogP contribution >= 0.6 is 0 Å². The normalized spacial score (nSPS) is 14.7. The van der Waals surface area contributed by atoms with Crippen molar-refractivity contribution in [3.05, 3.63) is 69.1 Å². The first-order valence-electron chi connectivity index (χ1n) is 11.9. The Labute approximate surface area is 205 Å². The molecule has 186 valence electrons. The van der Waals surface area contributed by atoms with Gasteiger partial charge in [0.1, 0.15) is 17.4 Å². The fraction of sp³-hybridized carbons (Fsp3) is 0.407. The quantitative estimate of drug-likeness (QED) is 0.291. The minimum atomic E-state index is -3.94.